The molecular formula is C18H20FN6O2S+. The number of aromatic nitrogens is 2. The number of carbonyl (C=O) groups excluding carboxylic acids is 1. The predicted molar refractivity (Wildman–Crippen MR) is 106 cm³/mol. The van der Waals surface area contributed by atoms with Crippen LogP contribution in [-0.2, 0) is 10.3 Å². The highest BCUT2D eigenvalue weighted by atomic mass is 32.1. The molecule has 0 aromatic carbocycles. The molecule has 2 aromatic rings. The Hall–Kier alpha value is -2.98. The summed E-state index contributed by atoms with van der Waals surface area (Å²) >= 11 is 4.91. The Balaban J connectivity index is 1.86. The van der Waals surface area contributed by atoms with Crippen LogP contribution >= 0.6 is 12.2 Å². The number of hydrogen-bond acceptors (Lipinski definition) is 6. The fourth-order valence-corrected chi connectivity index (χ4v) is 3.05. The summed E-state index contributed by atoms with van der Waals surface area (Å²) in [6.07, 6.45) is 2.92. The number of thiocarbonyl (C=S) groups is 1. The summed E-state index contributed by atoms with van der Waals surface area (Å²) in [5, 5.41) is 2.67. The van der Waals surface area contributed by atoms with E-state index in [1.54, 1.807) is 25.1 Å². The zero-order chi connectivity index (χ0) is 20.3. The van der Waals surface area contributed by atoms with Gasteiger partial charge in [0.15, 0.2) is 5.54 Å². The number of nitrogens with zero attached hydrogens (tertiary/aromatic N) is 2. The summed E-state index contributed by atoms with van der Waals surface area (Å²) in [5.41, 5.74) is 12.2. The highest BCUT2D eigenvalue weighted by Crippen LogP contribution is 2.21. The van der Waals surface area contributed by atoms with Crippen molar-refractivity contribution < 1.29 is 18.9 Å². The molecule has 1 atom stereocenters. The molecular weight excluding hydrogens is 383 g/mol. The third-order valence-electron chi connectivity index (χ3n) is 4.37. The molecule has 8 nitrogen and oxygen atoms in total. The van der Waals surface area contributed by atoms with E-state index in [0.717, 1.165) is 0 Å². The van der Waals surface area contributed by atoms with Gasteiger partial charge in [-0.1, -0.05) is 12.2 Å². The lowest BCUT2D eigenvalue weighted by molar-refractivity contribution is -0.581. The summed E-state index contributed by atoms with van der Waals surface area (Å²) in [5.74, 6) is 0.134. The molecule has 1 aliphatic heterocycles. The number of nitrogens with one attached hydrogen (secondary N) is 2. The van der Waals surface area contributed by atoms with Crippen LogP contribution in [0, 0.1) is 6.92 Å². The number of pyridine rings is 2. The van der Waals surface area contributed by atoms with E-state index in [0.29, 0.717) is 22.5 Å². The van der Waals surface area contributed by atoms with E-state index >= 15 is 0 Å². The molecule has 28 heavy (non-hydrogen) atoms. The molecule has 146 valence electrons. The first-order valence-corrected chi connectivity index (χ1v) is 8.83. The Bertz CT molecular complexity index is 967. The van der Waals surface area contributed by atoms with E-state index in [2.05, 4.69) is 20.3 Å². The number of nitrogens with two attached hydrogens (primary N) is 2. The summed E-state index contributed by atoms with van der Waals surface area (Å²) in [6.45, 7) is 1.30. The average molecular weight is 403 g/mol. The first-order chi connectivity index (χ1) is 13.3. The normalized spacial score (nSPS) is 19.0. The van der Waals surface area contributed by atoms with Gasteiger partial charge in [0.1, 0.15) is 29.8 Å². The number of alkyl halides is 1. The number of hydrogen-bond donors (Lipinski definition) is 4. The van der Waals surface area contributed by atoms with Crippen molar-refractivity contribution in [1.29, 1.82) is 0 Å². The Kier molecular flexibility index (Phi) is 5.61. The third kappa shape index (κ3) is 3.97. The molecule has 0 aliphatic carbocycles. The summed E-state index contributed by atoms with van der Waals surface area (Å²) < 4.78 is 19.2. The van der Waals surface area contributed by atoms with Crippen LogP contribution < -0.4 is 21.8 Å². The van der Waals surface area contributed by atoms with Crippen LogP contribution in [0.4, 0.5) is 10.2 Å². The smallest absolute Gasteiger partial charge is 0.275 e. The summed E-state index contributed by atoms with van der Waals surface area (Å²) in [4.78, 5) is 24.0. The number of ether oxygens (including phenoxy) is 1. The van der Waals surface area contributed by atoms with Crippen molar-refractivity contribution in [2.75, 3.05) is 25.2 Å². The van der Waals surface area contributed by atoms with Gasteiger partial charge in [-0.25, -0.2) is 9.37 Å². The Morgan fingerprint density at radius 1 is 1.46 bits per heavy atom. The number of carbonyl (C=O) groups is 1. The van der Waals surface area contributed by atoms with Crippen molar-refractivity contribution in [2.24, 2.45) is 11.5 Å². The highest BCUT2D eigenvalue weighted by molar-refractivity contribution is 7.80. The molecule has 0 spiro atoms. The van der Waals surface area contributed by atoms with E-state index in [-0.39, 0.29) is 29.7 Å². The minimum atomic E-state index is -1.13. The molecule has 0 fully saturated rings. The van der Waals surface area contributed by atoms with E-state index in [1.807, 2.05) is 0 Å². The Morgan fingerprint density at radius 3 is 2.89 bits per heavy atom. The molecule has 1 unspecified atom stereocenters. The SMILES string of the molecule is Cc1cc(C(N)=S)cnc1C(=O)Nc1cc(C2(CF)COCC(N)=[NH+]2)ccn1. The minimum absolute atomic E-state index is 0.0999. The maximum absolute atomic E-state index is 13.9. The molecule has 0 radical (unpaired) electrons. The van der Waals surface area contributed by atoms with Crippen molar-refractivity contribution in [1.82, 2.24) is 9.97 Å². The Morgan fingerprint density at radius 2 is 2.25 bits per heavy atom. The van der Waals surface area contributed by atoms with Crippen molar-refractivity contribution in [3.8, 4) is 0 Å². The van der Waals surface area contributed by atoms with Crippen LogP contribution in [0.25, 0.3) is 0 Å². The minimum Gasteiger partial charge on any atom is -0.389 e. The van der Waals surface area contributed by atoms with Crippen molar-refractivity contribution in [3.05, 3.63) is 53.0 Å². The number of rotatable bonds is 5. The fraction of sp³-hybridized carbons (Fsp3) is 0.278. The standard InChI is InChI=1S/C18H19FN6O2S/c1-10-4-11(16(21)28)6-23-15(10)17(26)24-14-5-12(2-3-22-14)18(8-19)9-27-7-13(20)25-18/h2-6H,7-9H2,1H3,(H2,20,25)(H2,21,28)(H,22,24,26)/p+1. The van der Waals surface area contributed by atoms with Crippen LogP contribution in [0.15, 0.2) is 30.6 Å². The van der Waals surface area contributed by atoms with Crippen LogP contribution in [0.2, 0.25) is 0 Å². The lowest BCUT2D eigenvalue weighted by Gasteiger charge is -2.28. The van der Waals surface area contributed by atoms with Crippen molar-refractivity contribution >= 4 is 34.8 Å². The van der Waals surface area contributed by atoms with Crippen LogP contribution in [0.3, 0.4) is 0 Å². The van der Waals surface area contributed by atoms with E-state index in [1.165, 1.54) is 12.4 Å². The van der Waals surface area contributed by atoms with Gasteiger partial charge in [-0.15, -0.1) is 0 Å². The predicted octanol–water partition coefficient (Wildman–Crippen LogP) is -0.696. The summed E-state index contributed by atoms with van der Waals surface area (Å²) in [7, 11) is 0. The number of halogens is 1. The van der Waals surface area contributed by atoms with Gasteiger partial charge in [-0.3, -0.25) is 20.5 Å². The van der Waals surface area contributed by atoms with Gasteiger partial charge in [0.05, 0.1) is 6.61 Å². The van der Waals surface area contributed by atoms with Gasteiger partial charge in [-0.05, 0) is 30.7 Å². The Labute approximate surface area is 166 Å². The number of aryl methyl sites for hydroxylation is 1. The molecule has 0 saturated heterocycles. The second-order valence-corrected chi connectivity index (χ2v) is 6.94. The van der Waals surface area contributed by atoms with Crippen LogP contribution in [-0.4, -0.2) is 46.6 Å². The van der Waals surface area contributed by atoms with Crippen molar-refractivity contribution in [2.45, 2.75) is 12.5 Å². The van der Waals surface area contributed by atoms with E-state index < -0.39 is 18.1 Å². The quantitative estimate of drug-likeness (QED) is 0.486. The molecule has 10 heteroatoms. The monoisotopic (exact) mass is 403 g/mol. The highest BCUT2D eigenvalue weighted by Gasteiger charge is 2.39. The second-order valence-electron chi connectivity index (χ2n) is 6.50. The van der Waals surface area contributed by atoms with Gasteiger partial charge < -0.3 is 15.8 Å². The van der Waals surface area contributed by atoms with Crippen LogP contribution in [0.5, 0.6) is 0 Å². The van der Waals surface area contributed by atoms with Gasteiger partial charge in [-0.2, -0.15) is 0 Å². The second kappa shape index (κ2) is 7.95. The van der Waals surface area contributed by atoms with Gasteiger partial charge in [0.2, 0.25) is 0 Å². The number of anilines is 1. The zero-order valence-corrected chi connectivity index (χ0v) is 16.0. The largest absolute Gasteiger partial charge is 0.389 e. The molecule has 0 bridgehead atoms. The van der Waals surface area contributed by atoms with Gasteiger partial charge in [0, 0.05) is 23.5 Å². The van der Waals surface area contributed by atoms with Gasteiger partial charge >= 0.3 is 0 Å². The topological polar surface area (TPSA) is 130 Å². The lowest BCUT2D eigenvalue weighted by Crippen LogP contribution is -2.91. The molecule has 3 rings (SSSR count). The molecule has 6 N–H and O–H groups in total. The molecule has 3 heterocycles. The maximum Gasteiger partial charge on any atom is 0.275 e. The number of amidine groups is 1. The maximum atomic E-state index is 13.9. The first-order valence-electron chi connectivity index (χ1n) is 8.42. The fourth-order valence-electron chi connectivity index (χ4n) is 2.94. The zero-order valence-electron chi connectivity index (χ0n) is 15.2. The average Bonchev–Trinajstić information content (AvgIpc) is 2.67. The summed E-state index contributed by atoms with van der Waals surface area (Å²) in [6, 6.07) is 4.91. The number of amides is 1. The van der Waals surface area contributed by atoms with E-state index in [9.17, 15) is 9.18 Å². The van der Waals surface area contributed by atoms with Crippen LogP contribution in [0.1, 0.15) is 27.2 Å². The van der Waals surface area contributed by atoms with Gasteiger partial charge in [0.25, 0.3) is 11.7 Å². The van der Waals surface area contributed by atoms with Crippen molar-refractivity contribution in [3.63, 3.8) is 0 Å². The molecule has 2 aromatic heterocycles. The molecule has 1 amide bonds. The molecule has 1 aliphatic rings. The molecule has 0 saturated carbocycles. The third-order valence-corrected chi connectivity index (χ3v) is 4.60. The first kappa shape index (κ1) is 19.8. The lowest BCUT2D eigenvalue weighted by atomic mass is 9.92. The van der Waals surface area contributed by atoms with E-state index in [4.69, 9.17) is 28.4 Å².